The molecule has 1 N–H and O–H groups in total. The van der Waals surface area contributed by atoms with Gasteiger partial charge in [-0.15, -0.1) is 0 Å². The van der Waals surface area contributed by atoms with Gasteiger partial charge in [0, 0.05) is 35.2 Å². The van der Waals surface area contributed by atoms with Crippen LogP contribution < -0.4 is 4.74 Å². The molecular weight excluding hydrogens is 324 g/mol. The number of ether oxygens (including phenoxy) is 1. The average Bonchev–Trinajstić information content (AvgIpc) is 3.03. The van der Waals surface area contributed by atoms with Crippen LogP contribution in [0.1, 0.15) is 28.0 Å². The van der Waals surface area contributed by atoms with Crippen molar-refractivity contribution in [3.8, 4) is 5.75 Å². The summed E-state index contributed by atoms with van der Waals surface area (Å²) in [5, 5.41) is 1.25. The second-order valence-electron chi connectivity index (χ2n) is 6.60. The van der Waals surface area contributed by atoms with E-state index in [0.717, 1.165) is 11.9 Å². The van der Waals surface area contributed by atoms with Crippen LogP contribution in [0.15, 0.2) is 54.6 Å². The highest BCUT2D eigenvalue weighted by Crippen LogP contribution is 2.32. The van der Waals surface area contributed by atoms with Gasteiger partial charge in [-0.1, -0.05) is 36.4 Å². The van der Waals surface area contributed by atoms with E-state index in [1.807, 2.05) is 35.2 Å². The lowest BCUT2D eigenvalue weighted by atomic mass is 9.96. The van der Waals surface area contributed by atoms with Crippen LogP contribution >= 0.6 is 0 Å². The number of fused-ring (bicyclic) bond motifs is 1. The summed E-state index contributed by atoms with van der Waals surface area (Å²) < 4.78 is 5.33. The summed E-state index contributed by atoms with van der Waals surface area (Å²) in [7, 11) is 1.60. The molecule has 0 fully saturated rings. The number of rotatable bonds is 3. The zero-order valence-corrected chi connectivity index (χ0v) is 15.1. The Hall–Kier alpha value is -3.01. The first-order valence-electron chi connectivity index (χ1n) is 8.88. The van der Waals surface area contributed by atoms with Crippen LogP contribution in [0, 0.1) is 6.92 Å². The lowest BCUT2D eigenvalue weighted by Crippen LogP contribution is -2.34. The zero-order valence-electron chi connectivity index (χ0n) is 15.1. The molecule has 1 amide bonds. The van der Waals surface area contributed by atoms with Gasteiger partial charge in [0.15, 0.2) is 0 Å². The van der Waals surface area contributed by atoms with Crippen molar-refractivity contribution in [2.24, 2.45) is 0 Å². The van der Waals surface area contributed by atoms with Gasteiger partial charge >= 0.3 is 0 Å². The zero-order chi connectivity index (χ0) is 18.1. The van der Waals surface area contributed by atoms with Gasteiger partial charge in [0.05, 0.1) is 12.7 Å². The second kappa shape index (κ2) is 6.71. The van der Waals surface area contributed by atoms with E-state index in [1.165, 1.54) is 22.2 Å². The molecule has 26 heavy (non-hydrogen) atoms. The van der Waals surface area contributed by atoms with E-state index in [-0.39, 0.29) is 5.91 Å². The predicted octanol–water partition coefficient (Wildman–Crippen LogP) is 4.41. The molecule has 0 unspecified atom stereocenters. The molecule has 3 aromatic rings. The van der Waals surface area contributed by atoms with Crippen molar-refractivity contribution < 1.29 is 9.53 Å². The van der Waals surface area contributed by atoms with Gasteiger partial charge in [0.25, 0.3) is 5.91 Å². The SMILES string of the molecule is COc1ccccc1C(=O)N1CC=C(c2c(C)[nH]c3ccccc23)CC1. The second-order valence-corrected chi connectivity index (χ2v) is 6.60. The number of aromatic nitrogens is 1. The third kappa shape index (κ3) is 2.77. The fourth-order valence-corrected chi connectivity index (χ4v) is 3.76. The molecule has 0 atom stereocenters. The maximum Gasteiger partial charge on any atom is 0.257 e. The predicted molar refractivity (Wildman–Crippen MR) is 105 cm³/mol. The molecule has 2 heterocycles. The highest BCUT2D eigenvalue weighted by atomic mass is 16.5. The summed E-state index contributed by atoms with van der Waals surface area (Å²) in [6, 6.07) is 15.8. The van der Waals surface area contributed by atoms with Gasteiger partial charge in [-0.05, 0) is 37.1 Å². The number of hydrogen-bond donors (Lipinski definition) is 1. The summed E-state index contributed by atoms with van der Waals surface area (Å²) in [5.41, 5.74) is 5.56. The number of H-pyrrole nitrogens is 1. The van der Waals surface area contributed by atoms with Crippen molar-refractivity contribution in [1.82, 2.24) is 9.88 Å². The minimum absolute atomic E-state index is 0.0217. The number of carbonyl (C=O) groups excluding carboxylic acids is 1. The number of carbonyl (C=O) groups is 1. The van der Waals surface area contributed by atoms with Crippen molar-refractivity contribution in [3.05, 3.63) is 71.4 Å². The Kier molecular flexibility index (Phi) is 4.25. The first kappa shape index (κ1) is 16.5. The summed E-state index contributed by atoms with van der Waals surface area (Å²) in [6.45, 7) is 3.44. The monoisotopic (exact) mass is 346 g/mol. The molecule has 4 rings (SSSR count). The van der Waals surface area contributed by atoms with Crippen molar-refractivity contribution in [3.63, 3.8) is 0 Å². The summed E-state index contributed by atoms with van der Waals surface area (Å²) in [5.74, 6) is 0.646. The smallest absolute Gasteiger partial charge is 0.257 e. The molecule has 0 radical (unpaired) electrons. The molecule has 0 spiro atoms. The number of aryl methyl sites for hydroxylation is 1. The van der Waals surface area contributed by atoms with Crippen LogP contribution in [0.4, 0.5) is 0 Å². The van der Waals surface area contributed by atoms with Crippen molar-refractivity contribution in [2.45, 2.75) is 13.3 Å². The highest BCUT2D eigenvalue weighted by Gasteiger charge is 2.23. The van der Waals surface area contributed by atoms with Gasteiger partial charge in [-0.3, -0.25) is 4.79 Å². The summed E-state index contributed by atoms with van der Waals surface area (Å²) in [6.07, 6.45) is 3.03. The quantitative estimate of drug-likeness (QED) is 0.763. The Bertz CT molecular complexity index is 1000. The van der Waals surface area contributed by atoms with E-state index in [0.29, 0.717) is 24.4 Å². The number of aromatic amines is 1. The summed E-state index contributed by atoms with van der Waals surface area (Å²) >= 11 is 0. The molecule has 0 bridgehead atoms. The van der Waals surface area contributed by atoms with Crippen LogP contribution in [0.2, 0.25) is 0 Å². The molecule has 0 saturated carbocycles. The Labute approximate surface area is 153 Å². The van der Waals surface area contributed by atoms with E-state index in [1.54, 1.807) is 7.11 Å². The van der Waals surface area contributed by atoms with Gasteiger partial charge in [-0.2, -0.15) is 0 Å². The van der Waals surface area contributed by atoms with Crippen LogP contribution in [-0.2, 0) is 0 Å². The minimum atomic E-state index is 0.0217. The number of benzene rings is 2. The first-order chi connectivity index (χ1) is 12.7. The number of methoxy groups -OCH3 is 1. The summed E-state index contributed by atoms with van der Waals surface area (Å²) in [4.78, 5) is 18.2. The third-order valence-electron chi connectivity index (χ3n) is 5.05. The van der Waals surface area contributed by atoms with E-state index in [9.17, 15) is 4.79 Å². The normalized spacial score (nSPS) is 14.4. The molecule has 1 aliphatic heterocycles. The Balaban J connectivity index is 1.60. The molecule has 4 heteroatoms. The van der Waals surface area contributed by atoms with E-state index >= 15 is 0 Å². The highest BCUT2D eigenvalue weighted by molar-refractivity contribution is 5.98. The van der Waals surface area contributed by atoms with Crippen molar-refractivity contribution in [2.75, 3.05) is 20.2 Å². The number of para-hydroxylation sites is 2. The van der Waals surface area contributed by atoms with Crippen LogP contribution in [0.25, 0.3) is 16.5 Å². The van der Waals surface area contributed by atoms with E-state index in [4.69, 9.17) is 4.74 Å². The number of amides is 1. The third-order valence-corrected chi connectivity index (χ3v) is 5.05. The van der Waals surface area contributed by atoms with Gasteiger partial charge in [0.1, 0.15) is 5.75 Å². The molecule has 2 aromatic carbocycles. The standard InChI is InChI=1S/C22H22N2O2/c1-15-21(17-7-3-5-9-19(17)23-15)16-11-13-24(14-12-16)22(25)18-8-4-6-10-20(18)26-2/h3-11,23H,12-14H2,1-2H3. The topological polar surface area (TPSA) is 45.3 Å². The Morgan fingerprint density at radius 1 is 1.12 bits per heavy atom. The maximum absolute atomic E-state index is 12.9. The molecule has 4 nitrogen and oxygen atoms in total. The number of nitrogens with one attached hydrogen (secondary N) is 1. The Morgan fingerprint density at radius 3 is 2.65 bits per heavy atom. The van der Waals surface area contributed by atoms with Crippen molar-refractivity contribution in [1.29, 1.82) is 0 Å². The molecular formula is C22H22N2O2. The van der Waals surface area contributed by atoms with Crippen LogP contribution in [-0.4, -0.2) is 36.0 Å². The fourth-order valence-electron chi connectivity index (χ4n) is 3.76. The fraction of sp³-hybridized carbons (Fsp3) is 0.227. The Morgan fingerprint density at radius 2 is 1.88 bits per heavy atom. The van der Waals surface area contributed by atoms with E-state index in [2.05, 4.69) is 36.2 Å². The molecule has 132 valence electrons. The van der Waals surface area contributed by atoms with Gasteiger partial charge in [0.2, 0.25) is 0 Å². The molecule has 0 aliphatic carbocycles. The molecule has 1 aliphatic rings. The molecule has 0 saturated heterocycles. The average molecular weight is 346 g/mol. The molecule has 1 aromatic heterocycles. The lowest BCUT2D eigenvalue weighted by Gasteiger charge is -2.27. The lowest BCUT2D eigenvalue weighted by molar-refractivity contribution is 0.0769. The number of hydrogen-bond acceptors (Lipinski definition) is 2. The van der Waals surface area contributed by atoms with Gasteiger partial charge < -0.3 is 14.6 Å². The largest absolute Gasteiger partial charge is 0.496 e. The minimum Gasteiger partial charge on any atom is -0.496 e. The number of nitrogens with zero attached hydrogens (tertiary/aromatic N) is 1. The van der Waals surface area contributed by atoms with Crippen LogP contribution in [0.3, 0.4) is 0 Å². The van der Waals surface area contributed by atoms with E-state index < -0.39 is 0 Å². The van der Waals surface area contributed by atoms with Crippen LogP contribution in [0.5, 0.6) is 5.75 Å². The van der Waals surface area contributed by atoms with Gasteiger partial charge in [-0.25, -0.2) is 0 Å². The van der Waals surface area contributed by atoms with Crippen molar-refractivity contribution >= 4 is 22.4 Å². The maximum atomic E-state index is 12.9. The first-order valence-corrected chi connectivity index (χ1v) is 8.88.